The maximum absolute atomic E-state index is 13.3. The van der Waals surface area contributed by atoms with E-state index in [1.807, 2.05) is 96.0 Å². The number of nitrogens with one attached hydrogen (secondary N) is 5. The van der Waals surface area contributed by atoms with E-state index in [1.54, 1.807) is 75.5 Å². The minimum Gasteiger partial charge on any atom is -0.443 e. The first-order chi connectivity index (χ1) is 38.0. The molecule has 4 aromatic carbocycles. The van der Waals surface area contributed by atoms with E-state index < -0.39 is 17.6 Å². The number of aromatic nitrogens is 6. The van der Waals surface area contributed by atoms with Crippen molar-refractivity contribution in [3.63, 3.8) is 0 Å². The Kier molecular flexibility index (Phi) is 15.5. The molecule has 7 amide bonds. The van der Waals surface area contributed by atoms with Crippen LogP contribution in [0.15, 0.2) is 134 Å². The first-order valence-corrected chi connectivity index (χ1v) is 24.9. The zero-order valence-corrected chi connectivity index (χ0v) is 43.8. The summed E-state index contributed by atoms with van der Waals surface area (Å²) < 4.78 is 9.25. The third kappa shape index (κ3) is 12.9. The topological polar surface area (TPSA) is 271 Å². The molecular weight excluding hydrogens is 1000 g/mol. The van der Waals surface area contributed by atoms with Crippen LogP contribution in [-0.4, -0.2) is 82.6 Å². The summed E-state index contributed by atoms with van der Waals surface area (Å²) in [4.78, 5) is 81.3. The van der Waals surface area contributed by atoms with E-state index in [-0.39, 0.29) is 36.4 Å². The van der Waals surface area contributed by atoms with Crippen LogP contribution in [0.2, 0.25) is 0 Å². The van der Waals surface area contributed by atoms with Gasteiger partial charge in [0.1, 0.15) is 17.0 Å². The van der Waals surface area contributed by atoms with E-state index >= 15 is 0 Å². The Hall–Kier alpha value is -10.7. The summed E-state index contributed by atoms with van der Waals surface area (Å²) in [6, 6.07) is 35.4. The van der Waals surface area contributed by atoms with Crippen LogP contribution in [0.1, 0.15) is 75.1 Å². The number of fused-ring (bicyclic) bond motifs is 2. The van der Waals surface area contributed by atoms with E-state index in [0.29, 0.717) is 86.2 Å². The van der Waals surface area contributed by atoms with Crippen LogP contribution in [0.25, 0.3) is 22.8 Å². The van der Waals surface area contributed by atoms with Crippen LogP contribution in [-0.2, 0) is 31.7 Å². The van der Waals surface area contributed by atoms with Gasteiger partial charge in [-0.25, -0.2) is 39.2 Å². The molecule has 79 heavy (non-hydrogen) atoms. The van der Waals surface area contributed by atoms with E-state index in [2.05, 4.69) is 70.2 Å². The molecule has 0 bridgehead atoms. The summed E-state index contributed by atoms with van der Waals surface area (Å²) in [5.74, 6) is 12.1. The highest BCUT2D eigenvalue weighted by atomic mass is 16.6. The normalized spacial score (nSPS) is 12.3. The van der Waals surface area contributed by atoms with Gasteiger partial charge in [0.15, 0.2) is 0 Å². The number of amides is 7. The van der Waals surface area contributed by atoms with Gasteiger partial charge in [0.05, 0.1) is 33.6 Å². The lowest BCUT2D eigenvalue weighted by molar-refractivity contribution is 0.0232. The second-order valence-corrected chi connectivity index (χ2v) is 19.1. The second kappa shape index (κ2) is 23.0. The highest BCUT2D eigenvalue weighted by molar-refractivity contribution is 6.06. The van der Waals surface area contributed by atoms with Crippen molar-refractivity contribution in [3.8, 4) is 46.5 Å². The van der Waals surface area contributed by atoms with E-state index in [1.165, 1.54) is 6.20 Å². The Morgan fingerprint density at radius 3 is 1.53 bits per heavy atom. The first kappa shape index (κ1) is 53.1. The molecule has 0 fully saturated rings. The number of urea groups is 2. The molecule has 0 saturated heterocycles. The van der Waals surface area contributed by atoms with Gasteiger partial charge in [-0.05, 0) is 93.6 Å². The quantitative estimate of drug-likeness (QED) is 0.0773. The van der Waals surface area contributed by atoms with Crippen LogP contribution in [0.3, 0.4) is 0 Å². The van der Waals surface area contributed by atoms with E-state index in [9.17, 15) is 24.0 Å². The number of nitrogen functional groups attached to an aromatic ring is 2. The third-order valence-corrected chi connectivity index (χ3v) is 12.4. The summed E-state index contributed by atoms with van der Waals surface area (Å²) in [6.07, 6.45) is 3.61. The Labute approximate surface area is 455 Å². The molecule has 6 heterocycles. The number of carbonyl (C=O) groups excluding carboxylic acids is 5. The van der Waals surface area contributed by atoms with Crippen LogP contribution in [0, 0.1) is 23.7 Å². The van der Waals surface area contributed by atoms with Crippen molar-refractivity contribution in [1.29, 1.82) is 0 Å². The van der Waals surface area contributed by atoms with Gasteiger partial charge >= 0.3 is 18.2 Å². The van der Waals surface area contributed by atoms with Crippen molar-refractivity contribution in [2.24, 2.45) is 14.1 Å². The van der Waals surface area contributed by atoms with Gasteiger partial charge in [0.2, 0.25) is 11.9 Å². The van der Waals surface area contributed by atoms with Gasteiger partial charge in [-0.2, -0.15) is 0 Å². The molecule has 0 unspecified atom stereocenters. The molecule has 0 radical (unpaired) electrons. The van der Waals surface area contributed by atoms with Gasteiger partial charge < -0.3 is 51.9 Å². The Bertz CT molecular complexity index is 3800. The predicted octanol–water partition coefficient (Wildman–Crippen LogP) is 8.44. The number of para-hydroxylation sites is 2. The highest BCUT2D eigenvalue weighted by Gasteiger charge is 2.35. The van der Waals surface area contributed by atoms with E-state index in [0.717, 1.165) is 28.4 Å². The lowest BCUT2D eigenvalue weighted by Gasteiger charge is -2.28. The fourth-order valence-electron chi connectivity index (χ4n) is 8.69. The monoisotopic (exact) mass is 1050 g/mol. The Morgan fingerprint density at radius 2 is 1.05 bits per heavy atom. The number of ether oxygens (including phenoxy) is 1. The molecule has 0 atom stereocenters. The highest BCUT2D eigenvalue weighted by Crippen LogP contribution is 2.32. The van der Waals surface area contributed by atoms with Crippen molar-refractivity contribution < 1.29 is 28.7 Å². The molecule has 0 aliphatic carbocycles. The van der Waals surface area contributed by atoms with Gasteiger partial charge in [-0.1, -0.05) is 72.2 Å². The van der Waals surface area contributed by atoms with Crippen LogP contribution >= 0.6 is 0 Å². The molecular formula is C59H54N14O6. The largest absolute Gasteiger partial charge is 0.443 e. The van der Waals surface area contributed by atoms with Crippen molar-refractivity contribution in [3.05, 3.63) is 178 Å². The summed E-state index contributed by atoms with van der Waals surface area (Å²) >= 11 is 0. The summed E-state index contributed by atoms with van der Waals surface area (Å²) in [6.45, 7) is 6.05. The van der Waals surface area contributed by atoms with Gasteiger partial charge in [-0.3, -0.25) is 9.59 Å². The Balaban J connectivity index is 0.000000195. The molecule has 10 rings (SSSR count). The van der Waals surface area contributed by atoms with Crippen molar-refractivity contribution in [2.75, 3.05) is 45.8 Å². The molecule has 20 heteroatoms. The molecule has 2 aliphatic heterocycles. The smallest absolute Gasteiger partial charge is 0.417 e. The molecule has 0 spiro atoms. The fraction of sp³-hybridized carbons (Fsp3) is 0.169. The lowest BCUT2D eigenvalue weighted by Crippen LogP contribution is -2.44. The van der Waals surface area contributed by atoms with Gasteiger partial charge in [0.25, 0.3) is 11.8 Å². The van der Waals surface area contributed by atoms with Crippen molar-refractivity contribution in [2.45, 2.75) is 39.2 Å². The zero-order valence-electron chi connectivity index (χ0n) is 43.8. The van der Waals surface area contributed by atoms with Crippen LogP contribution in [0.5, 0.6) is 0 Å². The van der Waals surface area contributed by atoms with Gasteiger partial charge in [0, 0.05) is 97.7 Å². The lowest BCUT2D eigenvalue weighted by atomic mass is 10.1. The first-order valence-electron chi connectivity index (χ1n) is 24.9. The Morgan fingerprint density at radius 1 is 0.595 bits per heavy atom. The number of nitrogens with two attached hydrogens (primary N) is 2. The average molecular weight is 1060 g/mol. The maximum Gasteiger partial charge on any atom is 0.417 e. The number of carbonyl (C=O) groups is 5. The van der Waals surface area contributed by atoms with E-state index in [4.69, 9.17) is 16.2 Å². The molecule has 2 aliphatic rings. The molecule has 396 valence electrons. The standard InChI is InChI=1S/C32H31N7O4.C27H23N7O2/c1-32(2,3)43-31(42)39-16-15-25-24(28(39)40)18-26(38(25)4)27-21(19-34-29(33)37-27)14-13-20-9-8-12-23(17-20)36-30(41)35-22-10-6-5-7-11-22;1-34-22-12-13-29-25(35)21(22)15-23(34)24-18(16-30-26(28)33-24)11-10-17-6-5-9-20(14-17)32-27(36)31-19-7-3-2-4-8-19/h5-12,17-19H,15-16H2,1-4H3,(H2,33,34,37)(H2,35,36,41);2-9,14-16H,12-13H2,1H3,(H,29,35)(H2,28,30,33)(H2,31,32,36). The summed E-state index contributed by atoms with van der Waals surface area (Å²) in [5.41, 5.74) is 21.1. The molecule has 8 aromatic rings. The minimum atomic E-state index is -0.726. The number of nitrogens with zero attached hydrogens (tertiary/aromatic N) is 7. The molecule has 20 nitrogen and oxygen atoms in total. The number of hydrogen-bond acceptors (Lipinski definition) is 12. The fourth-order valence-corrected chi connectivity index (χ4v) is 8.69. The van der Waals surface area contributed by atoms with Crippen LogP contribution < -0.4 is 38.1 Å². The summed E-state index contributed by atoms with van der Waals surface area (Å²) in [7, 11) is 3.73. The van der Waals surface area contributed by atoms with Crippen molar-refractivity contribution in [1.82, 2.24) is 39.3 Å². The predicted molar refractivity (Wildman–Crippen MR) is 302 cm³/mol. The average Bonchev–Trinajstić information content (AvgIpc) is 4.21. The molecule has 9 N–H and O–H groups in total. The SMILES string of the molecule is Cn1c(-c2nc(N)ncc2C#Cc2cccc(NC(=O)Nc3ccccc3)c2)cc2c1CCN(C(=O)OC(C)(C)C)C2=O.Cn1c(-c2nc(N)ncc2C#Cc2cccc(NC(=O)Nc3ccccc3)c2)cc2c1CCNC2=O. The molecule has 4 aromatic heterocycles. The second-order valence-electron chi connectivity index (χ2n) is 19.1. The number of imide groups is 1. The zero-order chi connectivity index (χ0) is 55.8. The number of benzene rings is 4. The minimum absolute atomic E-state index is 0.0528. The summed E-state index contributed by atoms with van der Waals surface area (Å²) in [5, 5.41) is 14.0. The number of anilines is 6. The molecule has 0 saturated carbocycles. The number of hydrogen-bond donors (Lipinski definition) is 7. The van der Waals surface area contributed by atoms with Crippen LogP contribution in [0.4, 0.5) is 49.0 Å². The maximum atomic E-state index is 13.3. The number of rotatable bonds is 6. The third-order valence-electron chi connectivity index (χ3n) is 12.4. The van der Waals surface area contributed by atoms with Crippen molar-refractivity contribution >= 4 is 64.6 Å². The van der Waals surface area contributed by atoms with Gasteiger partial charge in [-0.15, -0.1) is 0 Å².